The molecule has 8 nitrogen and oxygen atoms in total. The van der Waals surface area contributed by atoms with E-state index in [9.17, 15) is 14.3 Å². The Balaban J connectivity index is 1.36. The number of nitrogens with one attached hydrogen (secondary N) is 1. The third-order valence-corrected chi connectivity index (χ3v) is 7.26. The van der Waals surface area contributed by atoms with E-state index in [1.807, 2.05) is 6.92 Å². The van der Waals surface area contributed by atoms with Crippen LogP contribution < -0.4 is 11.1 Å². The number of rotatable bonds is 4. The van der Waals surface area contributed by atoms with Gasteiger partial charge in [0.15, 0.2) is 0 Å². The van der Waals surface area contributed by atoms with Crippen molar-refractivity contribution in [2.24, 2.45) is 18.9 Å². The number of oxazole rings is 1. The van der Waals surface area contributed by atoms with Crippen LogP contribution in [0.25, 0.3) is 0 Å². The van der Waals surface area contributed by atoms with Crippen molar-refractivity contribution in [2.75, 3.05) is 11.1 Å². The van der Waals surface area contributed by atoms with Crippen LogP contribution in [0, 0.1) is 24.6 Å². The number of nitrogen functional groups attached to an aromatic ring is 1. The molecular formula is C23H25ClFN5O3. The molecule has 2 heterocycles. The number of aryl methyl sites for hydroxylation is 2. The van der Waals surface area contributed by atoms with Crippen LogP contribution in [0.15, 0.2) is 28.9 Å². The van der Waals surface area contributed by atoms with Crippen LogP contribution in [0.1, 0.15) is 59.2 Å². The van der Waals surface area contributed by atoms with Crippen LogP contribution in [0.4, 0.5) is 15.9 Å². The normalized spacial score (nSPS) is 26.5. The highest BCUT2D eigenvalue weighted by Gasteiger charge is 2.52. The summed E-state index contributed by atoms with van der Waals surface area (Å²) in [6.45, 7) is 1.83. The number of nitrogens with zero attached hydrogens (tertiary/aromatic N) is 3. The Morgan fingerprint density at radius 1 is 1.36 bits per heavy atom. The van der Waals surface area contributed by atoms with Crippen molar-refractivity contribution in [3.05, 3.63) is 58.1 Å². The fraction of sp³-hybridized carbons (Fsp3) is 0.435. The Kier molecular flexibility index (Phi) is 5.21. The number of anilines is 2. The van der Waals surface area contributed by atoms with Crippen molar-refractivity contribution in [3.63, 3.8) is 0 Å². The van der Waals surface area contributed by atoms with E-state index in [0.29, 0.717) is 35.7 Å². The molecule has 2 saturated carbocycles. The largest absolute Gasteiger partial charge is 0.446 e. The number of fused-ring (bicyclic) bond motifs is 1. The van der Waals surface area contributed by atoms with Crippen LogP contribution in [-0.2, 0) is 12.6 Å². The van der Waals surface area contributed by atoms with E-state index in [-0.39, 0.29) is 28.6 Å². The van der Waals surface area contributed by atoms with Gasteiger partial charge in [-0.1, -0.05) is 11.6 Å². The standard InChI is InChI=1S/C23H25ClFN5O3/c1-11-10-33-22(27-11)23(32)8-13-5-12(6-14(13)9-23)19-18(20(26)30(2)29-19)21(31)28-15-3-4-17(25)16(24)7-15/h3-4,7,10,12-14,32H,5-6,8-9,26H2,1-2H3,(H,28,31). The first kappa shape index (κ1) is 21.9. The van der Waals surface area contributed by atoms with E-state index in [1.165, 1.54) is 22.9 Å². The fourth-order valence-electron chi connectivity index (χ4n) is 5.47. The molecule has 5 rings (SSSR count). The van der Waals surface area contributed by atoms with E-state index in [1.54, 1.807) is 13.3 Å². The van der Waals surface area contributed by atoms with Crippen LogP contribution in [-0.4, -0.2) is 25.8 Å². The average molecular weight is 474 g/mol. The molecule has 2 atom stereocenters. The van der Waals surface area contributed by atoms with Crippen molar-refractivity contribution in [2.45, 2.75) is 44.1 Å². The van der Waals surface area contributed by atoms with E-state index < -0.39 is 17.3 Å². The number of nitrogens with two attached hydrogens (primary N) is 1. The van der Waals surface area contributed by atoms with Gasteiger partial charge in [-0.25, -0.2) is 9.37 Å². The highest BCUT2D eigenvalue weighted by atomic mass is 35.5. The molecule has 174 valence electrons. The molecule has 0 bridgehead atoms. The van der Waals surface area contributed by atoms with Gasteiger partial charge in [0.1, 0.15) is 29.1 Å². The fourth-order valence-corrected chi connectivity index (χ4v) is 5.65. The minimum absolute atomic E-state index is 0.0388. The molecule has 0 radical (unpaired) electrons. The number of aromatic nitrogens is 3. The van der Waals surface area contributed by atoms with Gasteiger partial charge in [0.05, 0.1) is 16.4 Å². The number of hydrogen-bond acceptors (Lipinski definition) is 6. The lowest BCUT2D eigenvalue weighted by molar-refractivity contribution is 0.00747. The summed E-state index contributed by atoms with van der Waals surface area (Å²) >= 11 is 5.84. The summed E-state index contributed by atoms with van der Waals surface area (Å²) < 4.78 is 20.5. The number of aliphatic hydroxyl groups is 1. The molecule has 2 aliphatic rings. The zero-order valence-electron chi connectivity index (χ0n) is 18.3. The van der Waals surface area contributed by atoms with Crippen molar-refractivity contribution in [1.82, 2.24) is 14.8 Å². The third kappa shape index (κ3) is 3.79. The summed E-state index contributed by atoms with van der Waals surface area (Å²) in [5.74, 6) is 0.239. The quantitative estimate of drug-likeness (QED) is 0.524. The second-order valence-electron chi connectivity index (χ2n) is 9.27. The Morgan fingerprint density at radius 2 is 2.06 bits per heavy atom. The molecule has 1 amide bonds. The Bertz CT molecular complexity index is 1220. The van der Waals surface area contributed by atoms with Gasteiger partial charge < -0.3 is 20.6 Å². The van der Waals surface area contributed by atoms with Gasteiger partial charge in [-0.05, 0) is 62.6 Å². The summed E-state index contributed by atoms with van der Waals surface area (Å²) in [5, 5.41) is 18.4. The summed E-state index contributed by atoms with van der Waals surface area (Å²) in [4.78, 5) is 17.5. The van der Waals surface area contributed by atoms with Crippen LogP contribution in [0.2, 0.25) is 5.02 Å². The molecule has 10 heteroatoms. The van der Waals surface area contributed by atoms with E-state index >= 15 is 0 Å². The first-order valence-corrected chi connectivity index (χ1v) is 11.3. The minimum atomic E-state index is -1.06. The SMILES string of the molecule is Cc1coc(C2(O)CC3CC(c4nn(C)c(N)c4C(=O)Nc4ccc(F)c(Cl)c4)CC3C2)n1. The van der Waals surface area contributed by atoms with E-state index in [2.05, 4.69) is 15.4 Å². The monoisotopic (exact) mass is 473 g/mol. The van der Waals surface area contributed by atoms with Crippen molar-refractivity contribution in [1.29, 1.82) is 0 Å². The average Bonchev–Trinajstić information content (AvgIpc) is 3.48. The Hall–Kier alpha value is -2.91. The molecule has 2 aromatic heterocycles. The van der Waals surface area contributed by atoms with E-state index in [0.717, 1.165) is 18.5 Å². The molecule has 4 N–H and O–H groups in total. The predicted molar refractivity (Wildman–Crippen MR) is 120 cm³/mol. The number of benzene rings is 1. The summed E-state index contributed by atoms with van der Waals surface area (Å²) in [7, 11) is 1.70. The lowest BCUT2D eigenvalue weighted by Gasteiger charge is -2.21. The topological polar surface area (TPSA) is 119 Å². The number of carbonyl (C=O) groups excluding carboxylic acids is 1. The van der Waals surface area contributed by atoms with Gasteiger partial charge in [0.25, 0.3) is 5.91 Å². The second-order valence-corrected chi connectivity index (χ2v) is 9.68. The van der Waals surface area contributed by atoms with E-state index in [4.69, 9.17) is 21.8 Å². The molecular weight excluding hydrogens is 449 g/mol. The molecule has 2 aliphatic carbocycles. The summed E-state index contributed by atoms with van der Waals surface area (Å²) in [6.07, 6.45) is 4.25. The molecule has 0 saturated heterocycles. The van der Waals surface area contributed by atoms with Gasteiger partial charge in [-0.2, -0.15) is 5.10 Å². The lowest BCUT2D eigenvalue weighted by Crippen LogP contribution is -2.23. The summed E-state index contributed by atoms with van der Waals surface area (Å²) in [6, 6.07) is 3.99. The van der Waals surface area contributed by atoms with Crippen molar-refractivity contribution < 1.29 is 18.7 Å². The lowest BCUT2D eigenvalue weighted by atomic mass is 9.91. The number of amides is 1. The molecule has 2 unspecified atom stereocenters. The van der Waals surface area contributed by atoms with Crippen LogP contribution >= 0.6 is 11.6 Å². The highest BCUT2D eigenvalue weighted by Crippen LogP contribution is 2.56. The number of hydrogen-bond donors (Lipinski definition) is 3. The maximum Gasteiger partial charge on any atom is 0.261 e. The van der Waals surface area contributed by atoms with Gasteiger partial charge >= 0.3 is 0 Å². The summed E-state index contributed by atoms with van der Waals surface area (Å²) in [5.41, 5.74) is 7.24. The zero-order chi connectivity index (χ0) is 23.5. The maximum atomic E-state index is 13.5. The first-order valence-electron chi connectivity index (χ1n) is 10.9. The Morgan fingerprint density at radius 3 is 2.67 bits per heavy atom. The number of carbonyl (C=O) groups is 1. The third-order valence-electron chi connectivity index (χ3n) is 6.97. The Labute approximate surface area is 194 Å². The molecule has 3 aromatic rings. The highest BCUT2D eigenvalue weighted by molar-refractivity contribution is 6.31. The predicted octanol–water partition coefficient (Wildman–Crippen LogP) is 4.13. The number of halogens is 2. The molecule has 0 aliphatic heterocycles. The smallest absolute Gasteiger partial charge is 0.261 e. The molecule has 2 fully saturated rings. The van der Waals surface area contributed by atoms with Gasteiger partial charge in [0.2, 0.25) is 5.89 Å². The van der Waals surface area contributed by atoms with Gasteiger partial charge in [-0.15, -0.1) is 0 Å². The minimum Gasteiger partial charge on any atom is -0.446 e. The van der Waals surface area contributed by atoms with Crippen molar-refractivity contribution in [3.8, 4) is 0 Å². The first-order chi connectivity index (χ1) is 15.6. The van der Waals surface area contributed by atoms with Crippen LogP contribution in [0.5, 0.6) is 0 Å². The molecule has 33 heavy (non-hydrogen) atoms. The molecule has 1 aromatic carbocycles. The van der Waals surface area contributed by atoms with Crippen molar-refractivity contribution >= 4 is 29.0 Å². The maximum absolute atomic E-state index is 13.5. The second kappa shape index (κ2) is 7.85. The molecule has 0 spiro atoms. The van der Waals surface area contributed by atoms with Gasteiger partial charge in [-0.3, -0.25) is 9.48 Å². The zero-order valence-corrected chi connectivity index (χ0v) is 19.1. The van der Waals surface area contributed by atoms with Crippen LogP contribution in [0.3, 0.4) is 0 Å². The van der Waals surface area contributed by atoms with Gasteiger partial charge in [0, 0.05) is 18.7 Å².